The molecular formula is C13H9NSe. The molecule has 0 aliphatic carbocycles. The second-order valence-corrected chi connectivity index (χ2v) is 5.46. The second kappa shape index (κ2) is 4.79. The van der Waals surface area contributed by atoms with Crippen molar-refractivity contribution in [3.8, 4) is 6.07 Å². The predicted octanol–water partition coefficient (Wildman–Crippen LogP) is 1.21. The molecule has 2 heteroatoms. The van der Waals surface area contributed by atoms with Crippen LogP contribution in [0.1, 0.15) is 5.56 Å². The first-order valence-electron chi connectivity index (χ1n) is 4.61. The van der Waals surface area contributed by atoms with Crippen molar-refractivity contribution in [1.82, 2.24) is 0 Å². The van der Waals surface area contributed by atoms with Crippen molar-refractivity contribution < 1.29 is 0 Å². The van der Waals surface area contributed by atoms with Crippen molar-refractivity contribution in [3.05, 3.63) is 60.2 Å². The monoisotopic (exact) mass is 259 g/mol. The van der Waals surface area contributed by atoms with Crippen LogP contribution in [0.2, 0.25) is 0 Å². The van der Waals surface area contributed by atoms with Crippen molar-refractivity contribution in [2.24, 2.45) is 0 Å². The topological polar surface area (TPSA) is 23.8 Å². The zero-order chi connectivity index (χ0) is 10.5. The van der Waals surface area contributed by atoms with Crippen LogP contribution >= 0.6 is 0 Å². The Morgan fingerprint density at radius 3 is 2.33 bits per heavy atom. The molecule has 0 aliphatic heterocycles. The Labute approximate surface area is 95.5 Å². The number of rotatable bonds is 2. The summed E-state index contributed by atoms with van der Waals surface area (Å²) in [6.45, 7) is 0. The molecule has 0 saturated carbocycles. The first-order chi connectivity index (χ1) is 7.38. The Kier molecular flexibility index (Phi) is 3.19. The number of nitriles is 1. The van der Waals surface area contributed by atoms with Crippen molar-refractivity contribution in [2.45, 2.75) is 0 Å². The molecule has 0 aliphatic rings. The molecule has 0 N–H and O–H groups in total. The van der Waals surface area contributed by atoms with Crippen LogP contribution in [0.4, 0.5) is 0 Å². The summed E-state index contributed by atoms with van der Waals surface area (Å²) in [5.74, 6) is 0. The molecule has 0 atom stereocenters. The minimum absolute atomic E-state index is 0.300. The van der Waals surface area contributed by atoms with Crippen LogP contribution in [-0.4, -0.2) is 15.0 Å². The van der Waals surface area contributed by atoms with Gasteiger partial charge in [-0.1, -0.05) is 0 Å². The molecule has 2 aromatic carbocycles. The SMILES string of the molecule is N#Cc1cccc([Se]c2ccccc2)c1. The molecule has 72 valence electrons. The first-order valence-corrected chi connectivity index (χ1v) is 6.33. The Bertz CT molecular complexity index is 485. The molecule has 0 bridgehead atoms. The van der Waals surface area contributed by atoms with Gasteiger partial charge in [0.15, 0.2) is 0 Å². The minimum atomic E-state index is 0.300. The van der Waals surface area contributed by atoms with E-state index in [-0.39, 0.29) is 0 Å². The van der Waals surface area contributed by atoms with Gasteiger partial charge < -0.3 is 0 Å². The third kappa shape index (κ3) is 2.70. The third-order valence-electron chi connectivity index (χ3n) is 1.94. The van der Waals surface area contributed by atoms with Crippen molar-refractivity contribution in [2.75, 3.05) is 0 Å². The van der Waals surface area contributed by atoms with E-state index in [1.807, 2.05) is 36.4 Å². The van der Waals surface area contributed by atoms with Gasteiger partial charge in [0.25, 0.3) is 0 Å². The molecule has 0 aromatic heterocycles. The van der Waals surface area contributed by atoms with E-state index >= 15 is 0 Å². The zero-order valence-corrected chi connectivity index (χ0v) is 9.76. The van der Waals surface area contributed by atoms with E-state index < -0.39 is 0 Å². The summed E-state index contributed by atoms with van der Waals surface area (Å²) in [6.07, 6.45) is 0. The molecule has 2 aromatic rings. The molecule has 0 radical (unpaired) electrons. The van der Waals surface area contributed by atoms with Gasteiger partial charge in [-0.05, 0) is 0 Å². The van der Waals surface area contributed by atoms with E-state index in [1.165, 1.54) is 8.92 Å². The van der Waals surface area contributed by atoms with Crippen LogP contribution in [0.15, 0.2) is 54.6 Å². The van der Waals surface area contributed by atoms with Crippen LogP contribution in [-0.2, 0) is 0 Å². The predicted molar refractivity (Wildman–Crippen MR) is 62.6 cm³/mol. The van der Waals surface area contributed by atoms with Gasteiger partial charge in [0.05, 0.1) is 0 Å². The van der Waals surface area contributed by atoms with Gasteiger partial charge in [0, 0.05) is 0 Å². The molecule has 0 heterocycles. The molecule has 0 fully saturated rings. The number of benzene rings is 2. The molecule has 15 heavy (non-hydrogen) atoms. The fraction of sp³-hybridized carbons (Fsp3) is 0. The maximum absolute atomic E-state index is 8.79. The second-order valence-electron chi connectivity index (χ2n) is 3.05. The van der Waals surface area contributed by atoms with E-state index in [4.69, 9.17) is 5.26 Å². The van der Waals surface area contributed by atoms with Crippen LogP contribution in [0.25, 0.3) is 0 Å². The van der Waals surface area contributed by atoms with Crippen LogP contribution < -0.4 is 8.92 Å². The van der Waals surface area contributed by atoms with Crippen LogP contribution in [0.3, 0.4) is 0 Å². The van der Waals surface area contributed by atoms with Gasteiger partial charge >= 0.3 is 95.4 Å². The van der Waals surface area contributed by atoms with Gasteiger partial charge in [-0.25, -0.2) is 0 Å². The number of hydrogen-bond acceptors (Lipinski definition) is 1. The average molecular weight is 258 g/mol. The summed E-state index contributed by atoms with van der Waals surface area (Å²) in [5.41, 5.74) is 0.741. The third-order valence-corrected chi connectivity index (χ3v) is 4.03. The van der Waals surface area contributed by atoms with E-state index in [0.29, 0.717) is 15.0 Å². The van der Waals surface area contributed by atoms with E-state index in [0.717, 1.165) is 5.56 Å². The van der Waals surface area contributed by atoms with E-state index in [9.17, 15) is 0 Å². The van der Waals surface area contributed by atoms with Gasteiger partial charge in [-0.2, -0.15) is 0 Å². The molecule has 0 unspecified atom stereocenters. The van der Waals surface area contributed by atoms with Crippen LogP contribution in [0, 0.1) is 11.3 Å². The standard InChI is InChI=1S/C13H9NSe/c14-10-11-5-4-8-13(9-11)15-12-6-2-1-3-7-12/h1-9H. The summed E-state index contributed by atoms with van der Waals surface area (Å²) in [5, 5.41) is 8.79. The van der Waals surface area contributed by atoms with E-state index in [1.54, 1.807) is 0 Å². The normalized spacial score (nSPS) is 9.53. The molecule has 2 rings (SSSR count). The summed E-state index contributed by atoms with van der Waals surface area (Å²) in [6, 6.07) is 20.3. The van der Waals surface area contributed by atoms with Crippen molar-refractivity contribution in [3.63, 3.8) is 0 Å². The molecular weight excluding hydrogens is 249 g/mol. The van der Waals surface area contributed by atoms with Crippen LogP contribution in [0.5, 0.6) is 0 Å². The molecule has 0 spiro atoms. The summed E-state index contributed by atoms with van der Waals surface area (Å²) >= 11 is 0.300. The Morgan fingerprint density at radius 1 is 0.867 bits per heavy atom. The number of nitrogens with zero attached hydrogens (tertiary/aromatic N) is 1. The zero-order valence-electron chi connectivity index (χ0n) is 8.05. The van der Waals surface area contributed by atoms with Gasteiger partial charge in [-0.15, -0.1) is 0 Å². The van der Waals surface area contributed by atoms with Crippen molar-refractivity contribution in [1.29, 1.82) is 5.26 Å². The first kappa shape index (κ1) is 9.98. The van der Waals surface area contributed by atoms with Gasteiger partial charge in [0.1, 0.15) is 0 Å². The molecule has 0 amide bonds. The quantitative estimate of drug-likeness (QED) is 0.743. The Balaban J connectivity index is 2.22. The summed E-state index contributed by atoms with van der Waals surface area (Å²) in [4.78, 5) is 0. The van der Waals surface area contributed by atoms with Crippen molar-refractivity contribution >= 4 is 23.9 Å². The molecule has 1 nitrogen and oxygen atoms in total. The fourth-order valence-corrected chi connectivity index (χ4v) is 3.14. The fourth-order valence-electron chi connectivity index (χ4n) is 1.25. The Hall–Kier alpha value is -1.55. The maximum atomic E-state index is 8.79. The van der Waals surface area contributed by atoms with E-state index in [2.05, 4.69) is 24.3 Å². The summed E-state index contributed by atoms with van der Waals surface area (Å²) in [7, 11) is 0. The molecule has 0 saturated heterocycles. The van der Waals surface area contributed by atoms with Gasteiger partial charge in [-0.3, -0.25) is 0 Å². The Morgan fingerprint density at radius 2 is 1.60 bits per heavy atom. The number of hydrogen-bond donors (Lipinski definition) is 0. The average Bonchev–Trinajstić information content (AvgIpc) is 2.31. The summed E-state index contributed by atoms with van der Waals surface area (Å²) < 4.78 is 2.58. The van der Waals surface area contributed by atoms with Gasteiger partial charge in [0.2, 0.25) is 0 Å².